The minimum atomic E-state index is -0.556. The Morgan fingerprint density at radius 2 is 1.82 bits per heavy atom. The number of hydrogen-bond acceptors (Lipinski definition) is 6. The summed E-state index contributed by atoms with van der Waals surface area (Å²) in [6, 6.07) is 13.2. The number of nitrogens with one attached hydrogen (secondary N) is 2. The predicted octanol–water partition coefficient (Wildman–Crippen LogP) is 0.749. The maximum atomic E-state index is 12.3. The van der Waals surface area contributed by atoms with Crippen molar-refractivity contribution in [2.24, 2.45) is 0 Å². The Bertz CT molecular complexity index is 1120. The molecule has 28 heavy (non-hydrogen) atoms. The number of carbonyl (C=O) groups is 3. The van der Waals surface area contributed by atoms with E-state index < -0.39 is 17.4 Å². The molecule has 3 aromatic rings. The molecule has 0 atom stereocenters. The number of carbonyl (C=O) groups excluding carboxylic acids is 3. The van der Waals surface area contributed by atoms with Crippen molar-refractivity contribution in [3.63, 3.8) is 0 Å². The monoisotopic (exact) mass is 379 g/mol. The third-order valence-corrected chi connectivity index (χ3v) is 3.92. The lowest BCUT2D eigenvalue weighted by molar-refractivity contribution is -0.124. The summed E-state index contributed by atoms with van der Waals surface area (Å²) in [6.07, 6.45) is 0. The topological polar surface area (TPSA) is 123 Å². The van der Waals surface area contributed by atoms with Crippen molar-refractivity contribution >= 4 is 34.2 Å². The van der Waals surface area contributed by atoms with E-state index in [0.717, 1.165) is 4.68 Å². The number of hydrogen-bond donors (Lipinski definition) is 2. The quantitative estimate of drug-likeness (QED) is 0.609. The smallest absolute Gasteiger partial charge is 0.278 e. The molecule has 2 amide bonds. The highest BCUT2D eigenvalue weighted by atomic mass is 16.2. The van der Waals surface area contributed by atoms with Crippen LogP contribution >= 0.6 is 0 Å². The summed E-state index contributed by atoms with van der Waals surface area (Å²) in [4.78, 5) is 47.7. The molecule has 0 aliphatic heterocycles. The molecule has 1 heterocycles. The number of fused-ring (bicyclic) bond motifs is 1. The third kappa shape index (κ3) is 4.44. The molecule has 0 saturated heterocycles. The van der Waals surface area contributed by atoms with Crippen LogP contribution in [0.15, 0.2) is 53.3 Å². The van der Waals surface area contributed by atoms with E-state index in [9.17, 15) is 19.2 Å². The lowest BCUT2D eigenvalue weighted by Gasteiger charge is -2.08. The van der Waals surface area contributed by atoms with E-state index in [-0.39, 0.29) is 18.9 Å². The summed E-state index contributed by atoms with van der Waals surface area (Å²) in [5.74, 6) is -1.14. The van der Waals surface area contributed by atoms with Crippen LogP contribution < -0.4 is 16.2 Å². The highest BCUT2D eigenvalue weighted by molar-refractivity contribution is 5.98. The average molecular weight is 379 g/mol. The van der Waals surface area contributed by atoms with Crippen molar-refractivity contribution in [1.29, 1.82) is 0 Å². The molecule has 0 fully saturated rings. The number of amides is 2. The van der Waals surface area contributed by atoms with E-state index in [1.165, 1.54) is 6.92 Å². The lowest BCUT2D eigenvalue weighted by Crippen LogP contribution is -2.38. The van der Waals surface area contributed by atoms with E-state index >= 15 is 0 Å². The Morgan fingerprint density at radius 1 is 1.04 bits per heavy atom. The zero-order chi connectivity index (χ0) is 20.1. The maximum absolute atomic E-state index is 12.3. The number of aromatic nitrogens is 3. The second-order valence-electron chi connectivity index (χ2n) is 6.03. The number of Topliss-reactive ketones (excluding diaryl/α,β-unsaturated/α-hetero) is 1. The first-order chi connectivity index (χ1) is 13.4. The van der Waals surface area contributed by atoms with Crippen molar-refractivity contribution in [2.75, 3.05) is 11.9 Å². The van der Waals surface area contributed by atoms with Crippen LogP contribution in [0.4, 0.5) is 5.69 Å². The minimum Gasteiger partial charge on any atom is -0.345 e. The number of ketones is 1. The van der Waals surface area contributed by atoms with Crippen molar-refractivity contribution in [1.82, 2.24) is 20.3 Å². The van der Waals surface area contributed by atoms with Crippen molar-refractivity contribution < 1.29 is 14.4 Å². The molecule has 142 valence electrons. The van der Waals surface area contributed by atoms with Gasteiger partial charge in [-0.15, -0.1) is 5.10 Å². The molecule has 0 radical (unpaired) electrons. The van der Waals surface area contributed by atoms with Gasteiger partial charge in [0.25, 0.3) is 5.56 Å². The SMILES string of the molecule is CC(=O)c1cccc(NC(=O)CNC(=O)Cn2nnc3ccccc3c2=O)c1. The molecule has 2 aromatic carbocycles. The maximum Gasteiger partial charge on any atom is 0.278 e. The molecule has 0 aliphatic carbocycles. The first-order valence-corrected chi connectivity index (χ1v) is 8.44. The molecule has 0 aliphatic rings. The van der Waals surface area contributed by atoms with Gasteiger partial charge in [0.1, 0.15) is 12.1 Å². The summed E-state index contributed by atoms with van der Waals surface area (Å²) in [5.41, 5.74) is 0.919. The fourth-order valence-electron chi connectivity index (χ4n) is 2.52. The number of benzene rings is 2. The summed E-state index contributed by atoms with van der Waals surface area (Å²) in [6.45, 7) is 0.779. The summed E-state index contributed by atoms with van der Waals surface area (Å²) < 4.78 is 0.936. The second kappa shape index (κ2) is 8.21. The van der Waals surface area contributed by atoms with E-state index in [4.69, 9.17) is 0 Å². The minimum absolute atomic E-state index is 0.119. The molecule has 0 saturated carbocycles. The number of anilines is 1. The van der Waals surface area contributed by atoms with Crippen LogP contribution in [-0.2, 0) is 16.1 Å². The van der Waals surface area contributed by atoms with E-state index in [1.807, 2.05) is 0 Å². The third-order valence-electron chi connectivity index (χ3n) is 3.92. The molecular weight excluding hydrogens is 362 g/mol. The van der Waals surface area contributed by atoms with Gasteiger partial charge in [-0.25, -0.2) is 4.68 Å². The van der Waals surface area contributed by atoms with Crippen molar-refractivity contribution in [3.05, 3.63) is 64.4 Å². The largest absolute Gasteiger partial charge is 0.345 e. The van der Waals surface area contributed by atoms with Gasteiger partial charge in [0.2, 0.25) is 11.8 Å². The predicted molar refractivity (Wildman–Crippen MR) is 102 cm³/mol. The zero-order valence-corrected chi connectivity index (χ0v) is 15.0. The Balaban J connectivity index is 1.58. The van der Waals surface area contributed by atoms with Gasteiger partial charge in [-0.05, 0) is 31.2 Å². The van der Waals surface area contributed by atoms with Crippen LogP contribution in [0.3, 0.4) is 0 Å². The molecule has 9 heteroatoms. The van der Waals surface area contributed by atoms with E-state index in [1.54, 1.807) is 48.5 Å². The molecule has 0 spiro atoms. The Hall–Kier alpha value is -3.88. The van der Waals surface area contributed by atoms with Gasteiger partial charge in [0.05, 0.1) is 11.9 Å². The van der Waals surface area contributed by atoms with Gasteiger partial charge >= 0.3 is 0 Å². The molecule has 2 N–H and O–H groups in total. The van der Waals surface area contributed by atoms with Gasteiger partial charge in [-0.2, -0.15) is 0 Å². The van der Waals surface area contributed by atoms with Crippen LogP contribution in [0, 0.1) is 0 Å². The number of rotatable bonds is 6. The van der Waals surface area contributed by atoms with Gasteiger partial charge in [-0.3, -0.25) is 19.2 Å². The van der Waals surface area contributed by atoms with E-state index in [2.05, 4.69) is 20.9 Å². The van der Waals surface area contributed by atoms with Gasteiger partial charge < -0.3 is 10.6 Å². The summed E-state index contributed by atoms with van der Waals surface area (Å²) in [5, 5.41) is 13.0. The van der Waals surface area contributed by atoms with Gasteiger partial charge in [0, 0.05) is 11.3 Å². The molecule has 9 nitrogen and oxygen atoms in total. The molecule has 0 unspecified atom stereocenters. The van der Waals surface area contributed by atoms with Crippen molar-refractivity contribution in [2.45, 2.75) is 13.5 Å². The molecule has 3 rings (SSSR count). The highest BCUT2D eigenvalue weighted by Gasteiger charge is 2.11. The summed E-state index contributed by atoms with van der Waals surface area (Å²) in [7, 11) is 0. The molecular formula is C19H17N5O4. The summed E-state index contributed by atoms with van der Waals surface area (Å²) >= 11 is 0. The highest BCUT2D eigenvalue weighted by Crippen LogP contribution is 2.10. The molecule has 1 aromatic heterocycles. The zero-order valence-electron chi connectivity index (χ0n) is 15.0. The van der Waals surface area contributed by atoms with Crippen LogP contribution in [0.1, 0.15) is 17.3 Å². The average Bonchev–Trinajstić information content (AvgIpc) is 2.69. The Labute approximate surface area is 159 Å². The van der Waals surface area contributed by atoms with Crippen LogP contribution in [0.2, 0.25) is 0 Å². The lowest BCUT2D eigenvalue weighted by atomic mass is 10.1. The normalized spacial score (nSPS) is 10.5. The van der Waals surface area contributed by atoms with Crippen LogP contribution in [0.5, 0.6) is 0 Å². The molecule has 0 bridgehead atoms. The fourth-order valence-corrected chi connectivity index (χ4v) is 2.52. The first kappa shape index (κ1) is 18.9. The van der Waals surface area contributed by atoms with E-state index in [0.29, 0.717) is 22.2 Å². The Kier molecular flexibility index (Phi) is 5.54. The van der Waals surface area contributed by atoms with Crippen LogP contribution in [0.25, 0.3) is 10.9 Å². The Morgan fingerprint density at radius 3 is 2.61 bits per heavy atom. The van der Waals surface area contributed by atoms with Gasteiger partial charge in [0.15, 0.2) is 5.78 Å². The van der Waals surface area contributed by atoms with Crippen LogP contribution in [-0.4, -0.2) is 39.1 Å². The van der Waals surface area contributed by atoms with Gasteiger partial charge in [-0.1, -0.05) is 29.5 Å². The number of nitrogens with zero attached hydrogens (tertiary/aromatic N) is 3. The standard InChI is InChI=1S/C19H17N5O4/c1-12(25)13-5-4-6-14(9-13)21-17(26)10-20-18(27)11-24-19(28)15-7-2-3-8-16(15)22-23-24/h2-9H,10-11H2,1H3,(H,20,27)(H,21,26). The fraction of sp³-hybridized carbons (Fsp3) is 0.158. The first-order valence-electron chi connectivity index (χ1n) is 8.44. The van der Waals surface area contributed by atoms with Crippen molar-refractivity contribution in [3.8, 4) is 0 Å². The second-order valence-corrected chi connectivity index (χ2v) is 6.03.